The molecule has 0 saturated carbocycles. The number of hydrogen-bond acceptors (Lipinski definition) is 3. The molecular weight excluding hydrogens is 312 g/mol. The van der Waals surface area contributed by atoms with Crippen molar-refractivity contribution in [1.29, 1.82) is 0 Å². The summed E-state index contributed by atoms with van der Waals surface area (Å²) < 4.78 is 32.3. The van der Waals surface area contributed by atoms with E-state index in [1.54, 1.807) is 0 Å². The lowest BCUT2D eigenvalue weighted by Gasteiger charge is -2.38. The van der Waals surface area contributed by atoms with Crippen LogP contribution >= 0.6 is 0 Å². The summed E-state index contributed by atoms with van der Waals surface area (Å²) >= 11 is 0. The highest BCUT2D eigenvalue weighted by Gasteiger charge is 2.33. The molecule has 1 heterocycles. The van der Waals surface area contributed by atoms with Crippen molar-refractivity contribution >= 4 is 0 Å². The third-order valence-electron chi connectivity index (χ3n) is 4.45. The van der Waals surface area contributed by atoms with Crippen molar-refractivity contribution in [3.8, 4) is 5.75 Å². The second-order valence-electron chi connectivity index (χ2n) is 6.34. The van der Waals surface area contributed by atoms with Crippen LogP contribution in [0.5, 0.6) is 5.75 Å². The fraction of sp³-hybridized carbons (Fsp3) is 0.368. The fourth-order valence-electron chi connectivity index (χ4n) is 2.90. The van der Waals surface area contributed by atoms with Crippen molar-refractivity contribution in [2.45, 2.75) is 25.0 Å². The Labute approximate surface area is 140 Å². The number of para-hydroxylation sites is 1. The SMILES string of the molecule is OC1(COc2ccccc2)CCN(Cc2ccc(F)cc2F)CC1. The number of benzene rings is 2. The van der Waals surface area contributed by atoms with Gasteiger partial charge in [-0.1, -0.05) is 24.3 Å². The number of hydrogen-bond donors (Lipinski definition) is 1. The Morgan fingerprint density at radius 3 is 2.42 bits per heavy atom. The second kappa shape index (κ2) is 7.28. The van der Waals surface area contributed by atoms with Crippen LogP contribution in [0.15, 0.2) is 48.5 Å². The van der Waals surface area contributed by atoms with Gasteiger partial charge in [0.15, 0.2) is 0 Å². The van der Waals surface area contributed by atoms with Gasteiger partial charge in [0.2, 0.25) is 0 Å². The molecule has 0 aliphatic carbocycles. The topological polar surface area (TPSA) is 32.7 Å². The summed E-state index contributed by atoms with van der Waals surface area (Å²) in [6, 6.07) is 13.1. The Bertz CT molecular complexity index is 670. The molecule has 0 aromatic heterocycles. The summed E-state index contributed by atoms with van der Waals surface area (Å²) in [5, 5.41) is 10.6. The molecule has 24 heavy (non-hydrogen) atoms. The maximum absolute atomic E-state index is 13.7. The molecule has 2 aromatic carbocycles. The van der Waals surface area contributed by atoms with E-state index in [2.05, 4.69) is 4.90 Å². The lowest BCUT2D eigenvalue weighted by molar-refractivity contribution is -0.0538. The maximum Gasteiger partial charge on any atom is 0.130 e. The van der Waals surface area contributed by atoms with E-state index in [1.807, 2.05) is 30.3 Å². The van der Waals surface area contributed by atoms with Gasteiger partial charge in [0.1, 0.15) is 29.6 Å². The largest absolute Gasteiger partial charge is 0.491 e. The molecule has 2 aromatic rings. The van der Waals surface area contributed by atoms with Crippen LogP contribution in [0.2, 0.25) is 0 Å². The normalized spacial score (nSPS) is 17.6. The van der Waals surface area contributed by atoms with Gasteiger partial charge in [-0.05, 0) is 31.0 Å². The minimum Gasteiger partial charge on any atom is -0.491 e. The van der Waals surface area contributed by atoms with E-state index in [1.165, 1.54) is 12.1 Å². The predicted octanol–water partition coefficient (Wildman–Crippen LogP) is 3.37. The van der Waals surface area contributed by atoms with Crippen molar-refractivity contribution in [3.05, 3.63) is 65.7 Å². The molecule has 1 fully saturated rings. The monoisotopic (exact) mass is 333 g/mol. The van der Waals surface area contributed by atoms with Crippen LogP contribution in [-0.4, -0.2) is 35.3 Å². The molecule has 0 radical (unpaired) electrons. The van der Waals surface area contributed by atoms with Gasteiger partial charge in [-0.2, -0.15) is 0 Å². The lowest BCUT2D eigenvalue weighted by Crippen LogP contribution is -2.47. The molecule has 0 atom stereocenters. The summed E-state index contributed by atoms with van der Waals surface area (Å²) in [4.78, 5) is 2.06. The van der Waals surface area contributed by atoms with Crippen LogP contribution in [0.1, 0.15) is 18.4 Å². The van der Waals surface area contributed by atoms with Gasteiger partial charge in [-0.15, -0.1) is 0 Å². The van der Waals surface area contributed by atoms with Crippen molar-refractivity contribution < 1.29 is 18.6 Å². The average molecular weight is 333 g/mol. The summed E-state index contributed by atoms with van der Waals surface area (Å²) in [5.74, 6) is -0.354. The van der Waals surface area contributed by atoms with Gasteiger partial charge in [-0.25, -0.2) is 8.78 Å². The summed E-state index contributed by atoms with van der Waals surface area (Å²) in [7, 11) is 0. The third-order valence-corrected chi connectivity index (χ3v) is 4.45. The fourth-order valence-corrected chi connectivity index (χ4v) is 2.90. The van der Waals surface area contributed by atoms with Crippen molar-refractivity contribution in [2.75, 3.05) is 19.7 Å². The summed E-state index contributed by atoms with van der Waals surface area (Å²) in [6.45, 7) is 1.95. The molecule has 5 heteroatoms. The summed E-state index contributed by atoms with van der Waals surface area (Å²) in [6.07, 6.45) is 1.12. The standard InChI is InChI=1S/C19H21F2NO2/c20-16-7-6-15(18(21)12-16)13-22-10-8-19(23,9-11-22)14-24-17-4-2-1-3-5-17/h1-7,12,23H,8-11,13-14H2. The van der Waals surface area contributed by atoms with Gasteiger partial charge < -0.3 is 9.84 Å². The Balaban J connectivity index is 1.51. The Kier molecular flexibility index (Phi) is 5.11. The zero-order valence-electron chi connectivity index (χ0n) is 13.4. The highest BCUT2D eigenvalue weighted by atomic mass is 19.1. The third kappa shape index (κ3) is 4.30. The maximum atomic E-state index is 13.7. The van der Waals surface area contributed by atoms with Crippen LogP contribution in [-0.2, 0) is 6.54 Å². The molecule has 128 valence electrons. The molecule has 3 rings (SSSR count). The van der Waals surface area contributed by atoms with Crippen LogP contribution in [0, 0.1) is 11.6 Å². The lowest BCUT2D eigenvalue weighted by atomic mass is 9.92. The molecule has 0 bridgehead atoms. The zero-order valence-corrected chi connectivity index (χ0v) is 13.4. The second-order valence-corrected chi connectivity index (χ2v) is 6.34. The van der Waals surface area contributed by atoms with E-state index in [0.29, 0.717) is 38.0 Å². The predicted molar refractivity (Wildman–Crippen MR) is 87.8 cm³/mol. The Hall–Kier alpha value is -1.98. The molecule has 0 spiro atoms. The quantitative estimate of drug-likeness (QED) is 0.911. The molecule has 0 amide bonds. The molecule has 3 nitrogen and oxygen atoms in total. The Morgan fingerprint density at radius 1 is 1.04 bits per heavy atom. The first kappa shape index (κ1) is 16.9. The number of halogens is 2. The van der Waals surface area contributed by atoms with Crippen LogP contribution < -0.4 is 4.74 Å². The van der Waals surface area contributed by atoms with E-state index >= 15 is 0 Å². The van der Waals surface area contributed by atoms with Gasteiger partial charge in [0.25, 0.3) is 0 Å². The van der Waals surface area contributed by atoms with E-state index in [4.69, 9.17) is 4.74 Å². The van der Waals surface area contributed by atoms with Gasteiger partial charge in [-0.3, -0.25) is 4.90 Å². The molecule has 1 aliphatic rings. The minimum atomic E-state index is -0.867. The van der Waals surface area contributed by atoms with Crippen molar-refractivity contribution in [2.24, 2.45) is 0 Å². The number of ether oxygens (including phenoxy) is 1. The smallest absolute Gasteiger partial charge is 0.130 e. The van der Waals surface area contributed by atoms with E-state index < -0.39 is 17.2 Å². The van der Waals surface area contributed by atoms with Gasteiger partial charge in [0.05, 0.1) is 0 Å². The molecule has 1 saturated heterocycles. The van der Waals surface area contributed by atoms with E-state index in [0.717, 1.165) is 11.8 Å². The number of likely N-dealkylation sites (tertiary alicyclic amines) is 1. The van der Waals surface area contributed by atoms with Gasteiger partial charge in [0, 0.05) is 31.3 Å². The Morgan fingerprint density at radius 2 is 1.75 bits per heavy atom. The average Bonchev–Trinajstić information content (AvgIpc) is 2.59. The first-order chi connectivity index (χ1) is 11.5. The summed E-state index contributed by atoms with van der Waals surface area (Å²) in [5.41, 5.74) is -0.393. The number of piperidine rings is 1. The number of aliphatic hydroxyl groups is 1. The molecule has 0 unspecified atom stereocenters. The first-order valence-corrected chi connectivity index (χ1v) is 8.11. The van der Waals surface area contributed by atoms with Crippen molar-refractivity contribution in [1.82, 2.24) is 4.90 Å². The van der Waals surface area contributed by atoms with Crippen LogP contribution in [0.25, 0.3) is 0 Å². The molecule has 1 N–H and O–H groups in total. The highest BCUT2D eigenvalue weighted by Crippen LogP contribution is 2.25. The highest BCUT2D eigenvalue weighted by molar-refractivity contribution is 5.21. The van der Waals surface area contributed by atoms with Gasteiger partial charge >= 0.3 is 0 Å². The number of nitrogens with zero attached hydrogens (tertiary/aromatic N) is 1. The number of rotatable bonds is 5. The minimum absolute atomic E-state index is 0.246. The molecular formula is C19H21F2NO2. The molecule has 1 aliphatic heterocycles. The van der Waals surface area contributed by atoms with E-state index in [9.17, 15) is 13.9 Å². The van der Waals surface area contributed by atoms with Crippen molar-refractivity contribution in [3.63, 3.8) is 0 Å². The van der Waals surface area contributed by atoms with E-state index in [-0.39, 0.29) is 6.61 Å². The van der Waals surface area contributed by atoms with Crippen LogP contribution in [0.4, 0.5) is 8.78 Å². The van der Waals surface area contributed by atoms with Crippen LogP contribution in [0.3, 0.4) is 0 Å². The first-order valence-electron chi connectivity index (χ1n) is 8.11. The zero-order chi connectivity index (χ0) is 17.0.